The number of rotatable bonds is 7. The Morgan fingerprint density at radius 1 is 1.21 bits per heavy atom. The topological polar surface area (TPSA) is 75.7 Å². The van der Waals surface area contributed by atoms with E-state index in [0.29, 0.717) is 29.8 Å². The molecule has 6 nitrogen and oxygen atoms in total. The molecule has 0 saturated carbocycles. The van der Waals surface area contributed by atoms with E-state index in [9.17, 15) is 14.4 Å². The van der Waals surface area contributed by atoms with Crippen molar-refractivity contribution in [3.63, 3.8) is 0 Å². The number of Topliss-reactive ketones (excluding diaryl/α,β-unsaturated/α-hetero) is 1. The summed E-state index contributed by atoms with van der Waals surface area (Å²) in [6.45, 7) is 3.45. The van der Waals surface area contributed by atoms with Crippen molar-refractivity contribution in [2.24, 2.45) is 0 Å². The van der Waals surface area contributed by atoms with Crippen LogP contribution < -0.4 is 10.1 Å². The number of nitrogens with one attached hydrogen (secondary N) is 1. The zero-order valence-electron chi connectivity index (χ0n) is 14.3. The lowest BCUT2D eigenvalue weighted by molar-refractivity contribution is -0.130. The quantitative estimate of drug-likeness (QED) is 0.769. The zero-order chi connectivity index (χ0) is 17.5. The molecular weight excluding hydrogens is 308 g/mol. The molecule has 1 saturated heterocycles. The van der Waals surface area contributed by atoms with Crippen LogP contribution in [0.15, 0.2) is 18.2 Å². The van der Waals surface area contributed by atoms with Crippen LogP contribution in [0.1, 0.15) is 42.1 Å². The molecule has 1 N–H and O–H groups in total. The van der Waals surface area contributed by atoms with Crippen molar-refractivity contribution in [3.05, 3.63) is 29.3 Å². The molecule has 1 fully saturated rings. The summed E-state index contributed by atoms with van der Waals surface area (Å²) in [5.74, 6) is 0.408. The standard InChI is InChI=1S/C18H24N2O4/c1-13(21)14-5-6-16(24-2)15(11-14)12-17(22)19-8-7-18(23)20-9-3-4-10-20/h5-6,11H,3-4,7-10,12H2,1-2H3,(H,19,22). The summed E-state index contributed by atoms with van der Waals surface area (Å²) in [5, 5.41) is 2.76. The monoisotopic (exact) mass is 332 g/mol. The highest BCUT2D eigenvalue weighted by atomic mass is 16.5. The number of nitrogens with zero attached hydrogens (tertiary/aromatic N) is 1. The highest BCUT2D eigenvalue weighted by Gasteiger charge is 2.17. The van der Waals surface area contributed by atoms with Crippen molar-refractivity contribution in [1.29, 1.82) is 0 Å². The number of likely N-dealkylation sites (tertiary alicyclic amines) is 1. The number of ether oxygens (including phenoxy) is 1. The number of methoxy groups -OCH3 is 1. The second-order valence-electron chi connectivity index (χ2n) is 5.95. The van der Waals surface area contributed by atoms with Crippen molar-refractivity contribution in [2.45, 2.75) is 32.6 Å². The lowest BCUT2D eigenvalue weighted by atomic mass is 10.0. The minimum Gasteiger partial charge on any atom is -0.496 e. The number of carbonyl (C=O) groups excluding carboxylic acids is 3. The Morgan fingerprint density at radius 3 is 2.54 bits per heavy atom. The number of benzene rings is 1. The van der Waals surface area contributed by atoms with Crippen LogP contribution in [0.5, 0.6) is 5.75 Å². The van der Waals surface area contributed by atoms with Gasteiger partial charge in [0.05, 0.1) is 13.5 Å². The van der Waals surface area contributed by atoms with Gasteiger partial charge in [0.2, 0.25) is 11.8 Å². The predicted molar refractivity (Wildman–Crippen MR) is 90.1 cm³/mol. The SMILES string of the molecule is COc1ccc(C(C)=O)cc1CC(=O)NCCC(=O)N1CCCC1. The second-order valence-corrected chi connectivity index (χ2v) is 5.95. The second kappa shape index (κ2) is 8.47. The van der Waals surface area contributed by atoms with Gasteiger partial charge in [-0.3, -0.25) is 14.4 Å². The molecular formula is C18H24N2O4. The maximum Gasteiger partial charge on any atom is 0.224 e. The Labute approximate surface area is 142 Å². The van der Waals surface area contributed by atoms with E-state index in [1.165, 1.54) is 14.0 Å². The van der Waals surface area contributed by atoms with E-state index in [1.54, 1.807) is 18.2 Å². The van der Waals surface area contributed by atoms with E-state index >= 15 is 0 Å². The lowest BCUT2D eigenvalue weighted by Gasteiger charge is -2.15. The molecule has 1 aromatic carbocycles. The Bertz CT molecular complexity index is 621. The van der Waals surface area contributed by atoms with Crippen LogP contribution in [-0.4, -0.2) is 49.2 Å². The fourth-order valence-electron chi connectivity index (χ4n) is 2.80. The van der Waals surface area contributed by atoms with Crippen LogP contribution in [0.25, 0.3) is 0 Å². The van der Waals surface area contributed by atoms with Crippen molar-refractivity contribution in [3.8, 4) is 5.75 Å². The van der Waals surface area contributed by atoms with Gasteiger partial charge in [-0.25, -0.2) is 0 Å². The van der Waals surface area contributed by atoms with E-state index in [2.05, 4.69) is 5.32 Å². The van der Waals surface area contributed by atoms with Crippen molar-refractivity contribution < 1.29 is 19.1 Å². The van der Waals surface area contributed by atoms with Crippen LogP contribution in [0.4, 0.5) is 0 Å². The molecule has 2 rings (SSSR count). The van der Waals surface area contributed by atoms with Crippen LogP contribution in [0.2, 0.25) is 0 Å². The average molecular weight is 332 g/mol. The maximum absolute atomic E-state index is 12.1. The van der Waals surface area contributed by atoms with Crippen molar-refractivity contribution >= 4 is 17.6 Å². The largest absolute Gasteiger partial charge is 0.496 e. The Hall–Kier alpha value is -2.37. The predicted octanol–water partition coefficient (Wildman–Crippen LogP) is 1.57. The highest BCUT2D eigenvalue weighted by molar-refractivity contribution is 5.94. The summed E-state index contributed by atoms with van der Waals surface area (Å²) in [5.41, 5.74) is 1.20. The van der Waals surface area contributed by atoms with Crippen molar-refractivity contribution in [1.82, 2.24) is 10.2 Å². The summed E-state index contributed by atoms with van der Waals surface area (Å²) in [6, 6.07) is 5.05. The minimum absolute atomic E-state index is 0.0597. The first-order valence-corrected chi connectivity index (χ1v) is 8.23. The molecule has 0 unspecified atom stereocenters. The molecule has 0 spiro atoms. The lowest BCUT2D eigenvalue weighted by Crippen LogP contribution is -2.33. The van der Waals surface area contributed by atoms with Gasteiger partial charge < -0.3 is 15.0 Å². The summed E-state index contributed by atoms with van der Waals surface area (Å²) in [4.78, 5) is 37.3. The first kappa shape index (κ1) is 18.0. The van der Waals surface area contributed by atoms with Gasteiger partial charge in [-0.15, -0.1) is 0 Å². The number of amides is 2. The fourth-order valence-corrected chi connectivity index (χ4v) is 2.80. The van der Waals surface area contributed by atoms with Gasteiger partial charge in [0.15, 0.2) is 5.78 Å². The summed E-state index contributed by atoms with van der Waals surface area (Å²) < 4.78 is 5.24. The molecule has 24 heavy (non-hydrogen) atoms. The van der Waals surface area contributed by atoms with Crippen LogP contribution in [-0.2, 0) is 16.0 Å². The number of carbonyl (C=O) groups is 3. The smallest absolute Gasteiger partial charge is 0.224 e. The van der Waals surface area contributed by atoms with E-state index in [4.69, 9.17) is 4.74 Å². The normalized spacial score (nSPS) is 13.7. The average Bonchev–Trinajstić information content (AvgIpc) is 3.09. The van der Waals surface area contributed by atoms with E-state index in [0.717, 1.165) is 25.9 Å². The van der Waals surface area contributed by atoms with E-state index in [1.807, 2.05) is 4.90 Å². The number of ketones is 1. The molecule has 6 heteroatoms. The van der Waals surface area contributed by atoms with Crippen LogP contribution in [0, 0.1) is 0 Å². The molecule has 2 amide bonds. The summed E-state index contributed by atoms with van der Waals surface area (Å²) in [6.07, 6.45) is 2.55. The molecule has 1 aliphatic rings. The Kier molecular flexibility index (Phi) is 6.35. The molecule has 1 heterocycles. The van der Waals surface area contributed by atoms with Gasteiger partial charge >= 0.3 is 0 Å². The van der Waals surface area contributed by atoms with Crippen LogP contribution >= 0.6 is 0 Å². The van der Waals surface area contributed by atoms with Gasteiger partial charge in [0, 0.05) is 37.2 Å². The highest BCUT2D eigenvalue weighted by Crippen LogP contribution is 2.20. The molecule has 130 valence electrons. The number of hydrogen-bond donors (Lipinski definition) is 1. The molecule has 0 aliphatic carbocycles. The van der Waals surface area contributed by atoms with E-state index < -0.39 is 0 Å². The third kappa shape index (κ3) is 4.81. The zero-order valence-corrected chi connectivity index (χ0v) is 14.3. The molecule has 1 aromatic rings. The third-order valence-electron chi connectivity index (χ3n) is 4.16. The number of hydrogen-bond acceptors (Lipinski definition) is 4. The van der Waals surface area contributed by atoms with Gasteiger partial charge in [-0.1, -0.05) is 0 Å². The first-order valence-electron chi connectivity index (χ1n) is 8.23. The minimum atomic E-state index is -0.191. The van der Waals surface area contributed by atoms with Gasteiger partial charge in [0.1, 0.15) is 5.75 Å². The van der Waals surface area contributed by atoms with E-state index in [-0.39, 0.29) is 24.0 Å². The molecule has 0 bridgehead atoms. The Morgan fingerprint density at radius 2 is 1.92 bits per heavy atom. The molecule has 0 radical (unpaired) electrons. The van der Waals surface area contributed by atoms with Crippen molar-refractivity contribution in [2.75, 3.05) is 26.7 Å². The van der Waals surface area contributed by atoms with Crippen LogP contribution in [0.3, 0.4) is 0 Å². The third-order valence-corrected chi connectivity index (χ3v) is 4.16. The molecule has 1 aliphatic heterocycles. The summed E-state index contributed by atoms with van der Waals surface area (Å²) in [7, 11) is 1.53. The summed E-state index contributed by atoms with van der Waals surface area (Å²) >= 11 is 0. The molecule has 0 atom stereocenters. The Balaban J connectivity index is 1.86. The maximum atomic E-state index is 12.1. The first-order chi connectivity index (χ1) is 11.5. The molecule has 0 aromatic heterocycles. The van der Waals surface area contributed by atoms with Gasteiger partial charge in [0.25, 0.3) is 0 Å². The van der Waals surface area contributed by atoms with Gasteiger partial charge in [-0.2, -0.15) is 0 Å². The van der Waals surface area contributed by atoms with Gasteiger partial charge in [-0.05, 0) is 38.0 Å². The fraction of sp³-hybridized carbons (Fsp3) is 0.500.